The second kappa shape index (κ2) is 8.81. The van der Waals surface area contributed by atoms with Crippen molar-refractivity contribution in [1.82, 2.24) is 20.3 Å². The number of carbonyl (C=O) groups excluding carboxylic acids is 1. The average molecular weight is 461 g/mol. The number of anilines is 2. The fourth-order valence-electron chi connectivity index (χ4n) is 3.42. The van der Waals surface area contributed by atoms with Crippen LogP contribution in [0.15, 0.2) is 18.5 Å². The van der Waals surface area contributed by atoms with E-state index in [1.165, 1.54) is 6.20 Å². The summed E-state index contributed by atoms with van der Waals surface area (Å²) in [5, 5.41) is 8.11. The fourth-order valence-corrected chi connectivity index (χ4v) is 3.59. The van der Waals surface area contributed by atoms with Crippen molar-refractivity contribution < 1.29 is 22.4 Å². The Bertz CT molecular complexity index is 967. The van der Waals surface area contributed by atoms with E-state index in [1.807, 2.05) is 5.32 Å². The number of alkyl halides is 3. The van der Waals surface area contributed by atoms with Gasteiger partial charge in [-0.25, -0.2) is 19.3 Å². The molecular formula is C19H21ClF4N6O. The molecule has 1 atom stereocenters. The molecule has 0 aromatic carbocycles. The molecule has 0 aliphatic carbocycles. The van der Waals surface area contributed by atoms with E-state index >= 15 is 0 Å². The molecule has 0 spiro atoms. The van der Waals surface area contributed by atoms with Gasteiger partial charge in [-0.3, -0.25) is 4.79 Å². The van der Waals surface area contributed by atoms with Gasteiger partial charge in [0.15, 0.2) is 11.6 Å². The topological polar surface area (TPSA) is 91.8 Å². The van der Waals surface area contributed by atoms with E-state index in [2.05, 4.69) is 25.6 Å². The third kappa shape index (κ3) is 4.97. The SMILES string of the molecule is CCC(CC)(Nc1nc(C2CNc3ncc(Cl)cc32)ncc1F)C(=O)NCC(F)(F)F. The van der Waals surface area contributed by atoms with Crippen LogP contribution >= 0.6 is 11.6 Å². The van der Waals surface area contributed by atoms with E-state index in [0.29, 0.717) is 17.4 Å². The lowest BCUT2D eigenvalue weighted by atomic mass is 9.91. The number of pyridine rings is 1. The zero-order valence-corrected chi connectivity index (χ0v) is 17.5. The number of fused-ring (bicyclic) bond motifs is 1. The molecule has 2 aromatic rings. The average Bonchev–Trinajstić information content (AvgIpc) is 3.14. The first-order valence-electron chi connectivity index (χ1n) is 9.63. The van der Waals surface area contributed by atoms with Gasteiger partial charge in [-0.15, -0.1) is 0 Å². The van der Waals surface area contributed by atoms with E-state index in [0.717, 1.165) is 11.8 Å². The molecule has 1 aliphatic rings. The molecule has 3 heterocycles. The van der Waals surface area contributed by atoms with Gasteiger partial charge in [-0.2, -0.15) is 13.2 Å². The van der Waals surface area contributed by atoms with Crippen molar-refractivity contribution in [2.24, 2.45) is 0 Å². The molecule has 12 heteroatoms. The number of nitrogens with one attached hydrogen (secondary N) is 3. The molecule has 168 valence electrons. The Morgan fingerprint density at radius 3 is 2.61 bits per heavy atom. The number of hydrogen-bond acceptors (Lipinski definition) is 6. The molecule has 0 radical (unpaired) electrons. The zero-order chi connectivity index (χ0) is 22.8. The summed E-state index contributed by atoms with van der Waals surface area (Å²) < 4.78 is 52.1. The van der Waals surface area contributed by atoms with Gasteiger partial charge in [0.05, 0.1) is 17.1 Å². The highest BCUT2D eigenvalue weighted by molar-refractivity contribution is 6.30. The van der Waals surface area contributed by atoms with Gasteiger partial charge in [-0.1, -0.05) is 25.4 Å². The second-order valence-electron chi connectivity index (χ2n) is 7.16. The molecule has 0 bridgehead atoms. The van der Waals surface area contributed by atoms with Gasteiger partial charge >= 0.3 is 6.18 Å². The summed E-state index contributed by atoms with van der Waals surface area (Å²) in [6, 6.07) is 1.71. The van der Waals surface area contributed by atoms with Crippen molar-refractivity contribution in [3.05, 3.63) is 40.7 Å². The third-order valence-corrected chi connectivity index (χ3v) is 5.46. The molecule has 0 fully saturated rings. The lowest BCUT2D eigenvalue weighted by Crippen LogP contribution is -2.53. The van der Waals surface area contributed by atoms with Crippen molar-refractivity contribution >= 4 is 29.1 Å². The van der Waals surface area contributed by atoms with Gasteiger partial charge < -0.3 is 16.0 Å². The summed E-state index contributed by atoms with van der Waals surface area (Å²) >= 11 is 6.03. The van der Waals surface area contributed by atoms with Crippen molar-refractivity contribution in [3.8, 4) is 0 Å². The highest BCUT2D eigenvalue weighted by atomic mass is 35.5. The molecule has 1 aliphatic heterocycles. The van der Waals surface area contributed by atoms with E-state index < -0.39 is 30.0 Å². The molecule has 1 unspecified atom stereocenters. The number of rotatable bonds is 7. The normalized spacial score (nSPS) is 15.9. The van der Waals surface area contributed by atoms with Crippen molar-refractivity contribution in [1.29, 1.82) is 0 Å². The Labute approximate surface area is 181 Å². The maximum absolute atomic E-state index is 14.5. The number of amides is 1. The van der Waals surface area contributed by atoms with Gasteiger partial charge in [0, 0.05) is 18.3 Å². The summed E-state index contributed by atoms with van der Waals surface area (Å²) in [5.41, 5.74) is -0.737. The van der Waals surface area contributed by atoms with Gasteiger partial charge in [0.2, 0.25) is 5.91 Å². The number of nitrogens with zero attached hydrogens (tertiary/aromatic N) is 3. The smallest absolute Gasteiger partial charge is 0.369 e. The lowest BCUT2D eigenvalue weighted by Gasteiger charge is -2.32. The maximum atomic E-state index is 14.5. The molecule has 3 N–H and O–H groups in total. The van der Waals surface area contributed by atoms with Crippen LogP contribution in [0.5, 0.6) is 0 Å². The largest absolute Gasteiger partial charge is 0.405 e. The highest BCUT2D eigenvalue weighted by Crippen LogP contribution is 2.35. The minimum atomic E-state index is -4.56. The van der Waals surface area contributed by atoms with Crippen molar-refractivity contribution in [2.45, 2.75) is 44.3 Å². The molecular weight excluding hydrogens is 440 g/mol. The Morgan fingerprint density at radius 1 is 1.26 bits per heavy atom. The van der Waals surface area contributed by atoms with Crippen LogP contribution in [0.2, 0.25) is 5.02 Å². The Hall–Kier alpha value is -2.69. The van der Waals surface area contributed by atoms with Crippen LogP contribution in [0.25, 0.3) is 0 Å². The van der Waals surface area contributed by atoms with E-state index in [1.54, 1.807) is 19.9 Å². The fraction of sp³-hybridized carbons (Fsp3) is 0.474. The Kier molecular flexibility index (Phi) is 6.54. The minimum Gasteiger partial charge on any atom is -0.369 e. The standard InChI is InChI=1S/C19H21ClF4N6O/c1-3-18(4-2,17(31)28-9-19(22,23)24)30-16-13(21)8-27-15(29-16)12-7-26-14-11(12)5-10(20)6-25-14/h5-6,8,12H,3-4,7,9H2,1-2H3,(H,25,26)(H,28,31)(H,27,29,30). The monoisotopic (exact) mass is 460 g/mol. The van der Waals surface area contributed by atoms with Crippen LogP contribution in [0.4, 0.5) is 29.2 Å². The quantitative estimate of drug-likeness (QED) is 0.543. The molecule has 1 amide bonds. The molecule has 0 saturated carbocycles. The van der Waals surface area contributed by atoms with Gasteiger partial charge in [0.25, 0.3) is 0 Å². The third-order valence-electron chi connectivity index (χ3n) is 5.26. The van der Waals surface area contributed by atoms with Crippen LogP contribution in [-0.2, 0) is 4.79 Å². The van der Waals surface area contributed by atoms with Crippen LogP contribution in [-0.4, -0.2) is 45.7 Å². The zero-order valence-electron chi connectivity index (χ0n) is 16.8. The summed E-state index contributed by atoms with van der Waals surface area (Å²) in [6.07, 6.45) is -1.89. The van der Waals surface area contributed by atoms with Crippen LogP contribution < -0.4 is 16.0 Å². The molecule has 3 rings (SSSR count). The van der Waals surface area contributed by atoms with Crippen LogP contribution in [0.3, 0.4) is 0 Å². The highest BCUT2D eigenvalue weighted by Gasteiger charge is 2.39. The summed E-state index contributed by atoms with van der Waals surface area (Å²) in [6.45, 7) is 2.17. The summed E-state index contributed by atoms with van der Waals surface area (Å²) in [4.78, 5) is 25.1. The second-order valence-corrected chi connectivity index (χ2v) is 7.60. The van der Waals surface area contributed by atoms with Crippen molar-refractivity contribution in [3.63, 3.8) is 0 Å². The summed E-state index contributed by atoms with van der Waals surface area (Å²) in [5.74, 6) is -1.47. The van der Waals surface area contributed by atoms with E-state index in [9.17, 15) is 22.4 Å². The number of carbonyl (C=O) groups is 1. The first-order valence-corrected chi connectivity index (χ1v) is 10.0. The first kappa shape index (κ1) is 23.0. The summed E-state index contributed by atoms with van der Waals surface area (Å²) in [7, 11) is 0. The Morgan fingerprint density at radius 2 is 1.97 bits per heavy atom. The number of halogens is 5. The molecule has 31 heavy (non-hydrogen) atoms. The predicted molar refractivity (Wildman–Crippen MR) is 108 cm³/mol. The van der Waals surface area contributed by atoms with E-state index in [-0.39, 0.29) is 30.4 Å². The van der Waals surface area contributed by atoms with Crippen LogP contribution in [0.1, 0.15) is 44.0 Å². The number of aromatic nitrogens is 3. The van der Waals surface area contributed by atoms with Crippen LogP contribution in [0, 0.1) is 5.82 Å². The first-order chi connectivity index (χ1) is 14.6. The lowest BCUT2D eigenvalue weighted by molar-refractivity contribution is -0.141. The Balaban J connectivity index is 1.89. The number of hydrogen-bond donors (Lipinski definition) is 3. The van der Waals surface area contributed by atoms with Crippen molar-refractivity contribution in [2.75, 3.05) is 23.7 Å². The van der Waals surface area contributed by atoms with Gasteiger partial charge in [0.1, 0.15) is 23.7 Å². The molecule has 2 aromatic heterocycles. The maximum Gasteiger partial charge on any atom is 0.405 e. The van der Waals surface area contributed by atoms with E-state index in [4.69, 9.17) is 11.6 Å². The predicted octanol–water partition coefficient (Wildman–Crippen LogP) is 3.87. The molecule has 7 nitrogen and oxygen atoms in total. The minimum absolute atomic E-state index is 0.110. The molecule has 0 saturated heterocycles. The van der Waals surface area contributed by atoms with Gasteiger partial charge in [-0.05, 0) is 18.9 Å².